The van der Waals surface area contributed by atoms with Gasteiger partial charge in [-0.05, 0) is 18.6 Å². The molecule has 0 atom stereocenters. The number of nitrogens with zero attached hydrogens (tertiary/aromatic N) is 1. The van der Waals surface area contributed by atoms with Crippen molar-refractivity contribution in [2.45, 2.75) is 6.92 Å². The molecule has 1 heterocycles. The highest BCUT2D eigenvalue weighted by Crippen LogP contribution is 2.36. The van der Waals surface area contributed by atoms with Crippen molar-refractivity contribution in [3.63, 3.8) is 0 Å². The number of carbonyl (C=O) groups excluding carboxylic acids is 2. The van der Waals surface area contributed by atoms with E-state index in [4.69, 9.17) is 51.1 Å². The first-order valence-electron chi connectivity index (χ1n) is 6.54. The minimum atomic E-state index is -0.944. The van der Waals surface area contributed by atoms with Gasteiger partial charge in [0, 0.05) is 5.69 Å². The number of pyridine rings is 1. The predicted octanol–water partition coefficient (Wildman–Crippen LogP) is 4.80. The molecule has 0 saturated carbocycles. The number of carbonyl (C=O) groups is 2. The average Bonchev–Trinajstić information content (AvgIpc) is 2.56. The summed E-state index contributed by atoms with van der Waals surface area (Å²) in [6.45, 7) is 1.31. The highest BCUT2D eigenvalue weighted by molar-refractivity contribution is 6.52. The van der Waals surface area contributed by atoms with Crippen molar-refractivity contribution in [2.24, 2.45) is 0 Å². The topological polar surface area (TPSA) is 68.3 Å². The number of hydrogen-bond donors (Lipinski definition) is 1. The summed E-state index contributed by atoms with van der Waals surface area (Å²) in [5.74, 6) is -1.46. The van der Waals surface area contributed by atoms with Gasteiger partial charge in [0.2, 0.25) is 0 Å². The normalized spacial score (nSPS) is 10.4. The van der Waals surface area contributed by atoms with Crippen LogP contribution in [0.1, 0.15) is 16.1 Å². The number of aryl methyl sites for hydroxylation is 1. The molecule has 24 heavy (non-hydrogen) atoms. The van der Waals surface area contributed by atoms with E-state index in [1.807, 2.05) is 19.1 Å². The number of anilines is 1. The molecule has 2 rings (SSSR count). The van der Waals surface area contributed by atoms with Crippen LogP contribution in [0.3, 0.4) is 0 Å². The number of rotatable bonds is 4. The number of amides is 1. The van der Waals surface area contributed by atoms with Crippen LogP contribution in [0.4, 0.5) is 5.69 Å². The van der Waals surface area contributed by atoms with E-state index in [1.54, 1.807) is 12.1 Å². The van der Waals surface area contributed by atoms with Crippen molar-refractivity contribution in [1.82, 2.24) is 4.98 Å². The van der Waals surface area contributed by atoms with Gasteiger partial charge >= 0.3 is 5.97 Å². The van der Waals surface area contributed by atoms with Crippen molar-refractivity contribution in [1.29, 1.82) is 0 Å². The molecule has 0 saturated heterocycles. The number of para-hydroxylation sites is 1. The number of esters is 1. The molecule has 9 heteroatoms. The Bertz CT molecular complexity index is 812. The van der Waals surface area contributed by atoms with Gasteiger partial charge in [-0.3, -0.25) is 4.79 Å². The number of aromatic nitrogens is 1. The van der Waals surface area contributed by atoms with Crippen molar-refractivity contribution >= 4 is 64.0 Å². The highest BCUT2D eigenvalue weighted by Gasteiger charge is 2.22. The molecule has 1 aromatic heterocycles. The lowest BCUT2D eigenvalue weighted by Crippen LogP contribution is -2.22. The van der Waals surface area contributed by atoms with Crippen LogP contribution < -0.4 is 5.32 Å². The van der Waals surface area contributed by atoms with Gasteiger partial charge in [-0.2, -0.15) is 0 Å². The van der Waals surface area contributed by atoms with Crippen LogP contribution in [0.15, 0.2) is 24.3 Å². The van der Waals surface area contributed by atoms with Crippen LogP contribution in [0.5, 0.6) is 0 Å². The van der Waals surface area contributed by atoms with Crippen molar-refractivity contribution in [3.05, 3.63) is 55.7 Å². The monoisotopic (exact) mass is 406 g/mol. The maximum Gasteiger partial charge on any atom is 0.359 e. The summed E-state index contributed by atoms with van der Waals surface area (Å²) in [5, 5.41) is 2.04. The molecule has 0 radical (unpaired) electrons. The molecule has 0 aliphatic carbocycles. The summed E-state index contributed by atoms with van der Waals surface area (Å²) in [4.78, 5) is 27.6. The molecule has 0 unspecified atom stereocenters. The Morgan fingerprint density at radius 2 is 1.75 bits per heavy atom. The molecule has 0 spiro atoms. The van der Waals surface area contributed by atoms with E-state index in [0.29, 0.717) is 5.69 Å². The zero-order chi connectivity index (χ0) is 17.9. The molecule has 1 amide bonds. The maximum atomic E-state index is 12.0. The molecule has 2 aromatic rings. The fraction of sp³-hybridized carbons (Fsp3) is 0.133. The Kier molecular flexibility index (Phi) is 6.29. The molecule has 0 bridgehead atoms. The van der Waals surface area contributed by atoms with Crippen LogP contribution in [-0.2, 0) is 9.53 Å². The van der Waals surface area contributed by atoms with Crippen molar-refractivity contribution < 1.29 is 14.3 Å². The second-order valence-electron chi connectivity index (χ2n) is 4.63. The Labute approximate surface area is 157 Å². The van der Waals surface area contributed by atoms with Gasteiger partial charge in [-0.1, -0.05) is 64.6 Å². The Morgan fingerprint density at radius 1 is 1.08 bits per heavy atom. The summed E-state index contributed by atoms with van der Waals surface area (Å²) in [5.41, 5.74) is 1.17. The molecule has 5 nitrogen and oxygen atoms in total. The van der Waals surface area contributed by atoms with Gasteiger partial charge in [0.15, 0.2) is 12.3 Å². The van der Waals surface area contributed by atoms with Gasteiger partial charge in [0.1, 0.15) is 5.15 Å². The average molecular weight is 408 g/mol. The lowest BCUT2D eigenvalue weighted by Gasteiger charge is -2.10. The third-order valence-electron chi connectivity index (χ3n) is 2.93. The standard InChI is InChI=1S/C15H10Cl4N2O3/c1-7-4-2-3-5-8(7)20-9(22)6-24-15(23)13-11(17)10(16)12(18)14(19)21-13/h2-5H,6H2,1H3,(H,20,22). The van der Waals surface area contributed by atoms with E-state index in [2.05, 4.69) is 10.3 Å². The Morgan fingerprint density at radius 3 is 2.42 bits per heavy atom. The fourth-order valence-corrected chi connectivity index (χ4v) is 2.53. The number of hydrogen-bond acceptors (Lipinski definition) is 4. The summed E-state index contributed by atoms with van der Waals surface area (Å²) in [6.07, 6.45) is 0. The molecule has 126 valence electrons. The van der Waals surface area contributed by atoms with Crippen LogP contribution in [0, 0.1) is 6.92 Å². The molecule has 0 fully saturated rings. The minimum Gasteiger partial charge on any atom is -0.451 e. The summed E-state index contributed by atoms with van der Waals surface area (Å²) in [6, 6.07) is 7.18. The third kappa shape index (κ3) is 4.30. The predicted molar refractivity (Wildman–Crippen MR) is 94.4 cm³/mol. The Balaban J connectivity index is 2.04. The minimum absolute atomic E-state index is 0.0721. The zero-order valence-corrected chi connectivity index (χ0v) is 15.2. The molecule has 1 aromatic carbocycles. The van der Waals surface area contributed by atoms with Crippen molar-refractivity contribution in [3.8, 4) is 0 Å². The first-order chi connectivity index (χ1) is 11.3. The largest absolute Gasteiger partial charge is 0.451 e. The van der Waals surface area contributed by atoms with E-state index in [0.717, 1.165) is 5.56 Å². The van der Waals surface area contributed by atoms with E-state index in [9.17, 15) is 9.59 Å². The number of benzene rings is 1. The fourth-order valence-electron chi connectivity index (χ4n) is 1.72. The number of ether oxygens (including phenoxy) is 1. The van der Waals surface area contributed by atoms with E-state index in [-0.39, 0.29) is 25.9 Å². The third-order valence-corrected chi connectivity index (χ3v) is 4.61. The molecule has 0 aliphatic rings. The SMILES string of the molecule is Cc1ccccc1NC(=O)COC(=O)c1nc(Cl)c(Cl)c(Cl)c1Cl. The maximum absolute atomic E-state index is 12.0. The second kappa shape index (κ2) is 8.03. The molecule has 1 N–H and O–H groups in total. The van der Waals surface area contributed by atoms with Crippen LogP contribution in [-0.4, -0.2) is 23.5 Å². The van der Waals surface area contributed by atoms with E-state index in [1.165, 1.54) is 0 Å². The van der Waals surface area contributed by atoms with Gasteiger partial charge in [-0.25, -0.2) is 9.78 Å². The van der Waals surface area contributed by atoms with E-state index < -0.39 is 18.5 Å². The lowest BCUT2D eigenvalue weighted by molar-refractivity contribution is -0.119. The van der Waals surface area contributed by atoms with Crippen LogP contribution in [0.25, 0.3) is 0 Å². The van der Waals surface area contributed by atoms with Gasteiger partial charge in [-0.15, -0.1) is 0 Å². The lowest BCUT2D eigenvalue weighted by atomic mass is 10.2. The quantitative estimate of drug-likeness (QED) is 0.583. The Hall–Kier alpha value is -1.53. The van der Waals surface area contributed by atoms with Crippen LogP contribution in [0.2, 0.25) is 20.2 Å². The first kappa shape index (κ1) is 18.8. The smallest absolute Gasteiger partial charge is 0.359 e. The highest BCUT2D eigenvalue weighted by atomic mass is 35.5. The summed E-state index contributed by atoms with van der Waals surface area (Å²) in [7, 11) is 0. The van der Waals surface area contributed by atoms with Crippen molar-refractivity contribution in [2.75, 3.05) is 11.9 Å². The van der Waals surface area contributed by atoms with Gasteiger partial charge < -0.3 is 10.1 Å². The number of halogens is 4. The number of nitrogens with one attached hydrogen (secondary N) is 1. The zero-order valence-electron chi connectivity index (χ0n) is 12.2. The summed E-state index contributed by atoms with van der Waals surface area (Å²) >= 11 is 23.3. The molecular weight excluding hydrogens is 398 g/mol. The van der Waals surface area contributed by atoms with E-state index >= 15 is 0 Å². The molecule has 0 aliphatic heterocycles. The first-order valence-corrected chi connectivity index (χ1v) is 8.05. The second-order valence-corrected chi connectivity index (χ2v) is 6.12. The molecular formula is C15H10Cl4N2O3. The summed E-state index contributed by atoms with van der Waals surface area (Å²) < 4.78 is 4.87. The van der Waals surface area contributed by atoms with Gasteiger partial charge in [0.05, 0.1) is 15.1 Å². The van der Waals surface area contributed by atoms with Gasteiger partial charge in [0.25, 0.3) is 5.91 Å². The van der Waals surface area contributed by atoms with Crippen LogP contribution >= 0.6 is 46.4 Å².